The number of nitrogens with one attached hydrogen (secondary N) is 1. The summed E-state index contributed by atoms with van der Waals surface area (Å²) in [5.41, 5.74) is 1.27. The standard InChI is InChI=1S/C9H10Br2N2/c10-7-4-6(5-13-9(7)11)8-2-1-3-12-8/h4-5,8,12H,1-3H2. The van der Waals surface area contributed by atoms with Gasteiger partial charge in [0, 0.05) is 12.2 Å². The first-order valence-corrected chi connectivity index (χ1v) is 5.90. The van der Waals surface area contributed by atoms with Crippen molar-refractivity contribution >= 4 is 31.9 Å². The van der Waals surface area contributed by atoms with Crippen LogP contribution in [-0.2, 0) is 0 Å². The summed E-state index contributed by atoms with van der Waals surface area (Å²) >= 11 is 6.82. The summed E-state index contributed by atoms with van der Waals surface area (Å²) < 4.78 is 1.90. The van der Waals surface area contributed by atoms with Crippen molar-refractivity contribution in [3.05, 3.63) is 26.9 Å². The monoisotopic (exact) mass is 304 g/mol. The van der Waals surface area contributed by atoms with E-state index >= 15 is 0 Å². The first-order valence-electron chi connectivity index (χ1n) is 4.31. The summed E-state index contributed by atoms with van der Waals surface area (Å²) in [5.74, 6) is 0. The molecule has 0 spiro atoms. The summed E-state index contributed by atoms with van der Waals surface area (Å²) in [6.45, 7) is 1.12. The third-order valence-electron chi connectivity index (χ3n) is 2.28. The summed E-state index contributed by atoms with van der Waals surface area (Å²) in [6.07, 6.45) is 4.41. The van der Waals surface area contributed by atoms with Crippen LogP contribution >= 0.6 is 31.9 Å². The highest BCUT2D eigenvalue weighted by Gasteiger charge is 2.16. The van der Waals surface area contributed by atoms with E-state index in [4.69, 9.17) is 0 Å². The van der Waals surface area contributed by atoms with Crippen LogP contribution in [0.25, 0.3) is 0 Å². The smallest absolute Gasteiger partial charge is 0.120 e. The van der Waals surface area contributed by atoms with Gasteiger partial charge >= 0.3 is 0 Å². The highest BCUT2D eigenvalue weighted by molar-refractivity contribution is 9.13. The number of aromatic nitrogens is 1. The normalized spacial score (nSPS) is 22.2. The Morgan fingerprint density at radius 3 is 2.92 bits per heavy atom. The molecule has 1 N–H and O–H groups in total. The molecule has 4 heteroatoms. The van der Waals surface area contributed by atoms with Gasteiger partial charge in [0.25, 0.3) is 0 Å². The van der Waals surface area contributed by atoms with Crippen molar-refractivity contribution in [3.8, 4) is 0 Å². The van der Waals surface area contributed by atoms with E-state index in [9.17, 15) is 0 Å². The van der Waals surface area contributed by atoms with Crippen LogP contribution in [0.3, 0.4) is 0 Å². The molecule has 2 nitrogen and oxygen atoms in total. The predicted molar refractivity (Wildman–Crippen MR) is 59.6 cm³/mol. The highest BCUT2D eigenvalue weighted by atomic mass is 79.9. The van der Waals surface area contributed by atoms with E-state index in [2.05, 4.69) is 48.2 Å². The van der Waals surface area contributed by atoms with Gasteiger partial charge in [0.05, 0.1) is 4.47 Å². The predicted octanol–water partition coefficient (Wildman–Crippen LogP) is 3.03. The maximum Gasteiger partial charge on any atom is 0.120 e. The molecule has 1 aromatic heterocycles. The van der Waals surface area contributed by atoms with Crippen LogP contribution in [-0.4, -0.2) is 11.5 Å². The summed E-state index contributed by atoms with van der Waals surface area (Å²) in [6, 6.07) is 2.62. The molecule has 2 rings (SSSR count). The van der Waals surface area contributed by atoms with E-state index in [-0.39, 0.29) is 0 Å². The van der Waals surface area contributed by atoms with E-state index < -0.39 is 0 Å². The lowest BCUT2D eigenvalue weighted by atomic mass is 10.1. The SMILES string of the molecule is Brc1cc(C2CCCN2)cnc1Br. The zero-order valence-corrected chi connectivity index (χ0v) is 10.2. The average Bonchev–Trinajstić information content (AvgIpc) is 2.62. The molecule has 1 atom stereocenters. The molecule has 70 valence electrons. The quantitative estimate of drug-likeness (QED) is 0.807. The fourth-order valence-electron chi connectivity index (χ4n) is 1.60. The first kappa shape index (κ1) is 9.62. The molecule has 13 heavy (non-hydrogen) atoms. The van der Waals surface area contributed by atoms with Crippen LogP contribution in [0.5, 0.6) is 0 Å². The Balaban J connectivity index is 2.25. The molecule has 0 saturated carbocycles. The molecule has 0 bridgehead atoms. The fourth-order valence-corrected chi connectivity index (χ4v) is 2.18. The van der Waals surface area contributed by atoms with Gasteiger partial charge in [-0.3, -0.25) is 0 Å². The minimum absolute atomic E-state index is 0.497. The molecule has 0 amide bonds. The van der Waals surface area contributed by atoms with Crippen LogP contribution < -0.4 is 5.32 Å². The number of nitrogens with zero attached hydrogens (tertiary/aromatic N) is 1. The summed E-state index contributed by atoms with van der Waals surface area (Å²) in [5, 5.41) is 3.44. The third kappa shape index (κ3) is 2.11. The molecule has 2 heterocycles. The molecule has 1 aromatic rings. The molecule has 1 aliphatic heterocycles. The fraction of sp³-hybridized carbons (Fsp3) is 0.444. The average molecular weight is 306 g/mol. The van der Waals surface area contributed by atoms with E-state index in [1.807, 2.05) is 6.20 Å². The Bertz CT molecular complexity index is 308. The van der Waals surface area contributed by atoms with Gasteiger partial charge in [0.1, 0.15) is 4.60 Å². The van der Waals surface area contributed by atoms with Crippen molar-refractivity contribution < 1.29 is 0 Å². The van der Waals surface area contributed by atoms with Gasteiger partial charge in [-0.15, -0.1) is 0 Å². The maximum atomic E-state index is 4.25. The Labute approximate surface area is 94.4 Å². The van der Waals surface area contributed by atoms with Gasteiger partial charge in [0.15, 0.2) is 0 Å². The maximum absolute atomic E-state index is 4.25. The third-order valence-corrected chi connectivity index (χ3v) is 4.05. The van der Waals surface area contributed by atoms with Crippen molar-refractivity contribution in [3.63, 3.8) is 0 Å². The van der Waals surface area contributed by atoms with Gasteiger partial charge in [-0.1, -0.05) is 0 Å². The van der Waals surface area contributed by atoms with Crippen molar-refractivity contribution in [2.45, 2.75) is 18.9 Å². The molecule has 0 aromatic carbocycles. The Hall–Kier alpha value is 0.0700. The Kier molecular flexibility index (Phi) is 3.01. The number of rotatable bonds is 1. The van der Waals surface area contributed by atoms with Crippen LogP contribution in [0.2, 0.25) is 0 Å². The van der Waals surface area contributed by atoms with Gasteiger partial charge in [0.2, 0.25) is 0 Å². The van der Waals surface area contributed by atoms with Gasteiger partial charge < -0.3 is 5.32 Å². The van der Waals surface area contributed by atoms with Crippen molar-refractivity contribution in [2.24, 2.45) is 0 Å². The van der Waals surface area contributed by atoms with Crippen molar-refractivity contribution in [1.29, 1.82) is 0 Å². The van der Waals surface area contributed by atoms with Crippen LogP contribution in [0.4, 0.5) is 0 Å². The molecule has 0 radical (unpaired) electrons. The number of hydrogen-bond acceptors (Lipinski definition) is 2. The Morgan fingerprint density at radius 1 is 1.46 bits per heavy atom. The Morgan fingerprint density at radius 2 is 2.31 bits per heavy atom. The lowest BCUT2D eigenvalue weighted by Crippen LogP contribution is -2.12. The van der Waals surface area contributed by atoms with Crippen LogP contribution in [0.15, 0.2) is 21.3 Å². The largest absolute Gasteiger partial charge is 0.310 e. The second-order valence-electron chi connectivity index (χ2n) is 3.19. The summed E-state index contributed by atoms with van der Waals surface area (Å²) in [4.78, 5) is 4.25. The molecule has 1 fully saturated rings. The van der Waals surface area contributed by atoms with Gasteiger partial charge in [-0.2, -0.15) is 0 Å². The van der Waals surface area contributed by atoms with Gasteiger partial charge in [-0.25, -0.2) is 4.98 Å². The molecule has 1 aliphatic rings. The van der Waals surface area contributed by atoms with Crippen molar-refractivity contribution in [1.82, 2.24) is 10.3 Å². The van der Waals surface area contributed by atoms with E-state index in [1.165, 1.54) is 18.4 Å². The lowest BCUT2D eigenvalue weighted by Gasteiger charge is -2.10. The topological polar surface area (TPSA) is 24.9 Å². The molecular formula is C9H10Br2N2. The summed E-state index contributed by atoms with van der Waals surface area (Å²) in [7, 11) is 0. The number of pyridine rings is 1. The first-order chi connectivity index (χ1) is 6.27. The number of hydrogen-bond donors (Lipinski definition) is 1. The van der Waals surface area contributed by atoms with E-state index in [0.29, 0.717) is 6.04 Å². The lowest BCUT2D eigenvalue weighted by molar-refractivity contribution is 0.644. The van der Waals surface area contributed by atoms with E-state index in [1.54, 1.807) is 0 Å². The van der Waals surface area contributed by atoms with Crippen molar-refractivity contribution in [2.75, 3.05) is 6.54 Å². The van der Waals surface area contributed by atoms with Crippen LogP contribution in [0, 0.1) is 0 Å². The zero-order chi connectivity index (χ0) is 9.26. The van der Waals surface area contributed by atoms with E-state index in [0.717, 1.165) is 15.6 Å². The zero-order valence-electron chi connectivity index (χ0n) is 7.06. The van der Waals surface area contributed by atoms with Gasteiger partial charge in [-0.05, 0) is 62.9 Å². The highest BCUT2D eigenvalue weighted by Crippen LogP contribution is 2.27. The molecule has 1 saturated heterocycles. The molecule has 1 unspecified atom stereocenters. The number of halogens is 2. The van der Waals surface area contributed by atoms with Crippen LogP contribution in [0.1, 0.15) is 24.4 Å². The minimum atomic E-state index is 0.497. The second kappa shape index (κ2) is 4.07. The second-order valence-corrected chi connectivity index (χ2v) is 4.80. The molecular weight excluding hydrogens is 296 g/mol. The molecule has 0 aliphatic carbocycles. The minimum Gasteiger partial charge on any atom is -0.310 e.